The predicted molar refractivity (Wildman–Crippen MR) is 180 cm³/mol. The van der Waals surface area contributed by atoms with E-state index in [-0.39, 0.29) is 5.41 Å². The summed E-state index contributed by atoms with van der Waals surface area (Å²) in [6.07, 6.45) is 0. The number of hydrogen-bond donors (Lipinski definition) is 0. The summed E-state index contributed by atoms with van der Waals surface area (Å²) < 4.78 is 0. The zero-order valence-corrected chi connectivity index (χ0v) is 24.2. The SMILES string of the molecule is CC1(C)c2ccccc2-c2ccc(-c3ccc(-c4c5ccccc5c(-c5cccc(C#N)c5)c5ccccc45)cc3)cc21. The van der Waals surface area contributed by atoms with Crippen molar-refractivity contribution >= 4 is 21.5 Å². The molecule has 0 amide bonds. The van der Waals surface area contributed by atoms with Crippen LogP contribution in [-0.2, 0) is 5.41 Å². The minimum Gasteiger partial charge on any atom is -0.192 e. The molecule has 0 bridgehead atoms. The van der Waals surface area contributed by atoms with Crippen molar-refractivity contribution in [3.8, 4) is 50.6 Å². The number of rotatable bonds is 3. The predicted octanol–water partition coefficient (Wildman–Crippen LogP) is 11.2. The van der Waals surface area contributed by atoms with Gasteiger partial charge in [-0.1, -0.05) is 135 Å². The second-order valence-electron chi connectivity index (χ2n) is 12.0. The van der Waals surface area contributed by atoms with Gasteiger partial charge in [0.15, 0.2) is 0 Å². The van der Waals surface area contributed by atoms with Crippen molar-refractivity contribution in [1.29, 1.82) is 5.26 Å². The molecular weight excluding hydrogens is 518 g/mol. The van der Waals surface area contributed by atoms with Crippen molar-refractivity contribution < 1.29 is 0 Å². The number of benzene rings is 7. The van der Waals surface area contributed by atoms with Crippen LogP contribution < -0.4 is 0 Å². The first-order chi connectivity index (χ1) is 21.0. The molecule has 1 aliphatic rings. The molecule has 0 radical (unpaired) electrons. The number of nitriles is 1. The molecule has 0 unspecified atom stereocenters. The van der Waals surface area contributed by atoms with Gasteiger partial charge in [-0.25, -0.2) is 0 Å². The topological polar surface area (TPSA) is 23.8 Å². The van der Waals surface area contributed by atoms with Crippen molar-refractivity contribution in [1.82, 2.24) is 0 Å². The molecule has 1 heteroatoms. The molecular formula is C42H29N. The molecule has 0 saturated heterocycles. The molecule has 202 valence electrons. The molecule has 7 aromatic rings. The third-order valence-electron chi connectivity index (χ3n) is 9.30. The summed E-state index contributed by atoms with van der Waals surface area (Å²) in [5.74, 6) is 0. The van der Waals surface area contributed by atoms with Gasteiger partial charge in [0.1, 0.15) is 0 Å². The van der Waals surface area contributed by atoms with Gasteiger partial charge in [-0.15, -0.1) is 0 Å². The van der Waals surface area contributed by atoms with E-state index in [1.165, 1.54) is 71.6 Å². The Morgan fingerprint density at radius 2 is 0.977 bits per heavy atom. The summed E-state index contributed by atoms with van der Waals surface area (Å²) in [6.45, 7) is 4.67. The van der Waals surface area contributed by atoms with Gasteiger partial charge in [-0.2, -0.15) is 5.26 Å². The van der Waals surface area contributed by atoms with Crippen molar-refractivity contribution in [3.63, 3.8) is 0 Å². The average molecular weight is 548 g/mol. The quantitative estimate of drug-likeness (QED) is 0.202. The monoisotopic (exact) mass is 547 g/mol. The summed E-state index contributed by atoms with van der Waals surface area (Å²) in [5.41, 5.74) is 13.3. The zero-order valence-electron chi connectivity index (χ0n) is 24.2. The first kappa shape index (κ1) is 25.3. The van der Waals surface area contributed by atoms with E-state index in [1.54, 1.807) is 0 Å². The molecule has 0 fully saturated rings. The number of fused-ring (bicyclic) bond motifs is 5. The number of nitrogens with zero attached hydrogens (tertiary/aromatic N) is 1. The standard InChI is InChI=1S/C42H29N/c1-42(2)38-17-8-7-12-32(38)33-23-22-30(25-39(33)42)28-18-20-29(21-19-28)40-34-13-3-5-15-36(34)41(37-16-6-4-14-35(37)40)31-11-9-10-27(24-31)26-43/h3-25H,1-2H3. The van der Waals surface area contributed by atoms with Gasteiger partial charge in [0, 0.05) is 5.41 Å². The lowest BCUT2D eigenvalue weighted by molar-refractivity contribution is 0.660. The molecule has 1 nitrogen and oxygen atoms in total. The van der Waals surface area contributed by atoms with Crippen LogP contribution in [0.2, 0.25) is 0 Å². The largest absolute Gasteiger partial charge is 0.192 e. The zero-order chi connectivity index (χ0) is 29.1. The lowest BCUT2D eigenvalue weighted by atomic mass is 9.81. The Kier molecular flexibility index (Phi) is 5.61. The Hall–Kier alpha value is -5.45. The van der Waals surface area contributed by atoms with E-state index < -0.39 is 0 Å². The summed E-state index contributed by atoms with van der Waals surface area (Å²) in [4.78, 5) is 0. The van der Waals surface area contributed by atoms with E-state index in [1.807, 2.05) is 18.2 Å². The Morgan fingerprint density at radius 1 is 0.442 bits per heavy atom. The summed E-state index contributed by atoms with van der Waals surface area (Å²) >= 11 is 0. The fourth-order valence-electron chi connectivity index (χ4n) is 7.21. The molecule has 0 aliphatic heterocycles. The molecule has 1 aliphatic carbocycles. The van der Waals surface area contributed by atoms with Gasteiger partial charge in [0.05, 0.1) is 11.6 Å². The normalized spacial score (nSPS) is 13.0. The van der Waals surface area contributed by atoms with Crippen molar-refractivity contribution in [2.24, 2.45) is 0 Å². The summed E-state index contributed by atoms with van der Waals surface area (Å²) in [6, 6.07) is 52.4. The van der Waals surface area contributed by atoms with E-state index in [0.717, 1.165) is 5.56 Å². The fraction of sp³-hybridized carbons (Fsp3) is 0.0714. The Morgan fingerprint density at radius 3 is 1.63 bits per heavy atom. The van der Waals surface area contributed by atoms with Crippen LogP contribution >= 0.6 is 0 Å². The van der Waals surface area contributed by atoms with E-state index in [4.69, 9.17) is 0 Å². The second-order valence-corrected chi connectivity index (χ2v) is 12.0. The highest BCUT2D eigenvalue weighted by Crippen LogP contribution is 2.50. The van der Waals surface area contributed by atoms with Gasteiger partial charge in [-0.05, 0) is 95.4 Å². The molecule has 0 atom stereocenters. The third kappa shape index (κ3) is 3.84. The van der Waals surface area contributed by atoms with Crippen LogP contribution in [0.25, 0.3) is 66.1 Å². The van der Waals surface area contributed by atoms with Crippen LogP contribution in [0.15, 0.2) is 140 Å². The fourth-order valence-corrected chi connectivity index (χ4v) is 7.21. The Balaban J connectivity index is 1.28. The maximum atomic E-state index is 9.60. The van der Waals surface area contributed by atoms with Crippen molar-refractivity contribution in [2.75, 3.05) is 0 Å². The first-order valence-corrected chi connectivity index (χ1v) is 14.8. The summed E-state index contributed by atoms with van der Waals surface area (Å²) in [5, 5.41) is 14.4. The van der Waals surface area contributed by atoms with Crippen LogP contribution in [0, 0.1) is 11.3 Å². The van der Waals surface area contributed by atoms with E-state index in [2.05, 4.69) is 141 Å². The lowest BCUT2D eigenvalue weighted by Gasteiger charge is -2.22. The van der Waals surface area contributed by atoms with Crippen LogP contribution in [0.1, 0.15) is 30.5 Å². The minimum atomic E-state index is -0.0196. The van der Waals surface area contributed by atoms with E-state index in [0.29, 0.717) is 5.56 Å². The smallest absolute Gasteiger partial charge is 0.0991 e. The van der Waals surface area contributed by atoms with Crippen molar-refractivity contribution in [2.45, 2.75) is 19.3 Å². The highest BCUT2D eigenvalue weighted by atomic mass is 14.4. The number of hydrogen-bond acceptors (Lipinski definition) is 1. The van der Waals surface area contributed by atoms with Crippen LogP contribution in [0.5, 0.6) is 0 Å². The third-order valence-corrected chi connectivity index (χ3v) is 9.30. The van der Waals surface area contributed by atoms with Crippen LogP contribution in [0.4, 0.5) is 0 Å². The molecule has 0 aromatic heterocycles. The van der Waals surface area contributed by atoms with Crippen molar-refractivity contribution in [3.05, 3.63) is 156 Å². The minimum absolute atomic E-state index is 0.0196. The maximum absolute atomic E-state index is 9.60. The maximum Gasteiger partial charge on any atom is 0.0991 e. The average Bonchev–Trinajstić information content (AvgIpc) is 3.29. The first-order valence-electron chi connectivity index (χ1n) is 14.8. The van der Waals surface area contributed by atoms with E-state index in [9.17, 15) is 5.26 Å². The van der Waals surface area contributed by atoms with Gasteiger partial charge in [0.25, 0.3) is 0 Å². The molecule has 7 aromatic carbocycles. The van der Waals surface area contributed by atoms with Gasteiger partial charge < -0.3 is 0 Å². The molecule has 0 N–H and O–H groups in total. The lowest BCUT2D eigenvalue weighted by Crippen LogP contribution is -2.14. The Labute approximate surface area is 252 Å². The molecule has 43 heavy (non-hydrogen) atoms. The molecule has 8 rings (SSSR count). The highest BCUT2D eigenvalue weighted by molar-refractivity contribution is 6.21. The molecule has 0 spiro atoms. The van der Waals surface area contributed by atoms with E-state index >= 15 is 0 Å². The summed E-state index contributed by atoms with van der Waals surface area (Å²) in [7, 11) is 0. The van der Waals surface area contributed by atoms with Crippen LogP contribution in [0.3, 0.4) is 0 Å². The molecule has 0 heterocycles. The van der Waals surface area contributed by atoms with Gasteiger partial charge in [-0.3, -0.25) is 0 Å². The Bertz CT molecular complexity index is 2200. The van der Waals surface area contributed by atoms with Crippen LogP contribution in [-0.4, -0.2) is 0 Å². The van der Waals surface area contributed by atoms with Gasteiger partial charge >= 0.3 is 0 Å². The van der Waals surface area contributed by atoms with Gasteiger partial charge in [0.2, 0.25) is 0 Å². The highest BCUT2D eigenvalue weighted by Gasteiger charge is 2.35. The molecule has 0 saturated carbocycles. The second kappa shape index (κ2) is 9.55.